The van der Waals surface area contributed by atoms with Gasteiger partial charge in [-0.1, -0.05) is 35.9 Å². The first-order valence-corrected chi connectivity index (χ1v) is 8.16. The molecule has 0 aromatic heterocycles. The molecule has 0 spiro atoms. The zero-order valence-electron chi connectivity index (χ0n) is 12.1. The molecule has 0 fully saturated rings. The van der Waals surface area contributed by atoms with Crippen molar-refractivity contribution in [2.45, 2.75) is 31.9 Å². The van der Waals surface area contributed by atoms with Gasteiger partial charge >= 0.3 is 0 Å². The van der Waals surface area contributed by atoms with Crippen LogP contribution in [0.4, 0.5) is 0 Å². The first-order chi connectivity index (χ1) is 9.92. The zero-order chi connectivity index (χ0) is 15.5. The summed E-state index contributed by atoms with van der Waals surface area (Å²) in [6.45, 7) is 3.89. The number of hydrogen-bond acceptors (Lipinski definition) is 3. The van der Waals surface area contributed by atoms with Crippen molar-refractivity contribution in [1.82, 2.24) is 4.72 Å². The van der Waals surface area contributed by atoms with Crippen molar-refractivity contribution in [3.05, 3.63) is 64.7 Å². The lowest BCUT2D eigenvalue weighted by atomic mass is 10.1. The van der Waals surface area contributed by atoms with Crippen molar-refractivity contribution in [2.24, 2.45) is 0 Å². The largest absolute Gasteiger partial charge is 0.392 e. The molecule has 0 amide bonds. The van der Waals surface area contributed by atoms with E-state index in [9.17, 15) is 13.5 Å². The minimum Gasteiger partial charge on any atom is -0.392 e. The summed E-state index contributed by atoms with van der Waals surface area (Å²) in [4.78, 5) is 0.171. The van der Waals surface area contributed by atoms with Gasteiger partial charge in [-0.25, -0.2) is 13.1 Å². The lowest BCUT2D eigenvalue weighted by Crippen LogP contribution is -2.23. The standard InChI is InChI=1S/C16H19NO3S/c1-12-3-6-14(7-4-12)10-17-21(19,20)16-8-5-13(2)15(9-16)11-18/h3-9,17-18H,10-11H2,1-2H3. The van der Waals surface area contributed by atoms with E-state index < -0.39 is 10.0 Å². The summed E-state index contributed by atoms with van der Waals surface area (Å²) in [5.41, 5.74) is 3.52. The Morgan fingerprint density at radius 3 is 2.33 bits per heavy atom. The van der Waals surface area contributed by atoms with Crippen molar-refractivity contribution >= 4 is 10.0 Å². The van der Waals surface area contributed by atoms with Crippen LogP contribution in [0.5, 0.6) is 0 Å². The van der Waals surface area contributed by atoms with Crippen molar-refractivity contribution in [3.63, 3.8) is 0 Å². The Morgan fingerprint density at radius 2 is 1.71 bits per heavy atom. The minimum absolute atomic E-state index is 0.171. The summed E-state index contributed by atoms with van der Waals surface area (Å²) in [6, 6.07) is 12.4. The van der Waals surface area contributed by atoms with E-state index in [1.54, 1.807) is 12.1 Å². The second-order valence-corrected chi connectivity index (χ2v) is 6.82. The summed E-state index contributed by atoms with van der Waals surface area (Å²) in [5, 5.41) is 9.23. The van der Waals surface area contributed by atoms with Crippen LogP contribution in [0, 0.1) is 13.8 Å². The van der Waals surface area contributed by atoms with Gasteiger partial charge in [0, 0.05) is 6.54 Å². The van der Waals surface area contributed by atoms with Crippen LogP contribution in [0.1, 0.15) is 22.3 Å². The van der Waals surface area contributed by atoms with Gasteiger partial charge in [0.15, 0.2) is 0 Å². The molecule has 0 aliphatic carbocycles. The molecule has 0 aliphatic heterocycles. The highest BCUT2D eigenvalue weighted by Gasteiger charge is 2.14. The van der Waals surface area contributed by atoms with Crippen LogP contribution < -0.4 is 4.72 Å². The molecule has 0 aliphatic rings. The molecule has 5 heteroatoms. The lowest BCUT2D eigenvalue weighted by molar-refractivity contribution is 0.280. The summed E-state index contributed by atoms with van der Waals surface area (Å²) < 4.78 is 27.1. The predicted octanol–water partition coefficient (Wildman–Crippen LogP) is 2.27. The summed E-state index contributed by atoms with van der Waals surface area (Å²) in [6.07, 6.45) is 0. The maximum Gasteiger partial charge on any atom is 0.240 e. The summed E-state index contributed by atoms with van der Waals surface area (Å²) in [7, 11) is -3.58. The third-order valence-electron chi connectivity index (χ3n) is 3.39. The molecule has 4 nitrogen and oxygen atoms in total. The van der Waals surface area contributed by atoms with Gasteiger partial charge in [-0.3, -0.25) is 0 Å². The van der Waals surface area contributed by atoms with Gasteiger partial charge in [-0.15, -0.1) is 0 Å². The fourth-order valence-electron chi connectivity index (χ4n) is 1.95. The van der Waals surface area contributed by atoms with Crippen molar-refractivity contribution in [2.75, 3.05) is 0 Å². The molecule has 21 heavy (non-hydrogen) atoms. The van der Waals surface area contributed by atoms with Gasteiger partial charge in [0.1, 0.15) is 0 Å². The van der Waals surface area contributed by atoms with E-state index >= 15 is 0 Å². The van der Waals surface area contributed by atoms with E-state index in [4.69, 9.17) is 0 Å². The number of aliphatic hydroxyl groups is 1. The predicted molar refractivity (Wildman–Crippen MR) is 82.3 cm³/mol. The van der Waals surface area contributed by atoms with Crippen LogP contribution in [0.15, 0.2) is 47.4 Å². The second kappa shape index (κ2) is 6.39. The molecule has 2 N–H and O–H groups in total. The molecule has 2 rings (SSSR count). The number of benzene rings is 2. The molecule has 0 atom stereocenters. The molecule has 0 saturated heterocycles. The lowest BCUT2D eigenvalue weighted by Gasteiger charge is -2.09. The van der Waals surface area contributed by atoms with Gasteiger partial charge in [0.25, 0.3) is 0 Å². The second-order valence-electron chi connectivity index (χ2n) is 5.06. The van der Waals surface area contributed by atoms with Gasteiger partial charge in [0.2, 0.25) is 10.0 Å². The van der Waals surface area contributed by atoms with E-state index in [1.807, 2.05) is 38.1 Å². The normalized spacial score (nSPS) is 11.6. The maximum atomic E-state index is 12.3. The van der Waals surface area contributed by atoms with Gasteiger partial charge in [-0.05, 0) is 42.7 Å². The van der Waals surface area contributed by atoms with Crippen LogP contribution in [-0.4, -0.2) is 13.5 Å². The molecule has 0 radical (unpaired) electrons. The van der Waals surface area contributed by atoms with E-state index in [-0.39, 0.29) is 18.0 Å². The van der Waals surface area contributed by atoms with Crippen LogP contribution in [0.3, 0.4) is 0 Å². The molecular formula is C16H19NO3S. The Morgan fingerprint density at radius 1 is 1.05 bits per heavy atom. The number of aliphatic hydroxyl groups excluding tert-OH is 1. The molecule has 2 aromatic rings. The van der Waals surface area contributed by atoms with Crippen molar-refractivity contribution < 1.29 is 13.5 Å². The maximum absolute atomic E-state index is 12.3. The van der Waals surface area contributed by atoms with Crippen LogP contribution in [-0.2, 0) is 23.2 Å². The van der Waals surface area contributed by atoms with Gasteiger partial charge in [0.05, 0.1) is 11.5 Å². The molecule has 0 saturated carbocycles. The van der Waals surface area contributed by atoms with E-state index in [0.717, 1.165) is 16.7 Å². The Balaban J connectivity index is 2.16. The minimum atomic E-state index is -3.58. The number of rotatable bonds is 5. The van der Waals surface area contributed by atoms with Crippen molar-refractivity contribution in [3.8, 4) is 0 Å². The Kier molecular flexibility index (Phi) is 4.77. The van der Waals surface area contributed by atoms with Crippen LogP contribution in [0.2, 0.25) is 0 Å². The smallest absolute Gasteiger partial charge is 0.240 e. The third-order valence-corrected chi connectivity index (χ3v) is 4.79. The Bertz CT molecular complexity index is 722. The van der Waals surface area contributed by atoms with E-state index in [0.29, 0.717) is 5.56 Å². The van der Waals surface area contributed by atoms with Gasteiger partial charge < -0.3 is 5.11 Å². The first-order valence-electron chi connectivity index (χ1n) is 6.68. The first kappa shape index (κ1) is 15.7. The van der Waals surface area contributed by atoms with Gasteiger partial charge in [-0.2, -0.15) is 0 Å². The highest BCUT2D eigenvalue weighted by Crippen LogP contribution is 2.16. The SMILES string of the molecule is Cc1ccc(CNS(=O)(=O)c2ccc(C)c(CO)c2)cc1. The average molecular weight is 305 g/mol. The number of hydrogen-bond donors (Lipinski definition) is 2. The number of aryl methyl sites for hydroxylation is 2. The molecule has 2 aromatic carbocycles. The Labute approximate surface area is 125 Å². The van der Waals surface area contributed by atoms with E-state index in [2.05, 4.69) is 4.72 Å². The molecule has 0 unspecified atom stereocenters. The fourth-order valence-corrected chi connectivity index (χ4v) is 3.02. The summed E-state index contributed by atoms with van der Waals surface area (Å²) in [5.74, 6) is 0. The molecule has 0 heterocycles. The average Bonchev–Trinajstić information content (AvgIpc) is 2.47. The molecule has 112 valence electrons. The number of sulfonamides is 1. The van der Waals surface area contributed by atoms with Crippen LogP contribution >= 0.6 is 0 Å². The molecular weight excluding hydrogens is 286 g/mol. The van der Waals surface area contributed by atoms with E-state index in [1.165, 1.54) is 6.07 Å². The monoisotopic (exact) mass is 305 g/mol. The number of nitrogens with one attached hydrogen (secondary N) is 1. The fraction of sp³-hybridized carbons (Fsp3) is 0.250. The molecule has 0 bridgehead atoms. The third kappa shape index (κ3) is 3.91. The zero-order valence-corrected chi connectivity index (χ0v) is 12.9. The van der Waals surface area contributed by atoms with Crippen molar-refractivity contribution in [1.29, 1.82) is 0 Å². The highest BCUT2D eigenvalue weighted by molar-refractivity contribution is 7.89. The Hall–Kier alpha value is -1.69. The highest BCUT2D eigenvalue weighted by atomic mass is 32.2. The summed E-state index contributed by atoms with van der Waals surface area (Å²) >= 11 is 0. The van der Waals surface area contributed by atoms with Crippen LogP contribution in [0.25, 0.3) is 0 Å². The quantitative estimate of drug-likeness (QED) is 0.890. The topological polar surface area (TPSA) is 66.4 Å².